The lowest BCUT2D eigenvalue weighted by Crippen LogP contribution is -2.58. The second-order valence-electron chi connectivity index (χ2n) is 8.61. The van der Waals surface area contributed by atoms with Crippen molar-refractivity contribution in [2.75, 3.05) is 18.0 Å². The van der Waals surface area contributed by atoms with Gasteiger partial charge in [-0.05, 0) is 32.3 Å². The molecule has 6 heteroatoms. The number of hydrogen-bond acceptors (Lipinski definition) is 4. The fourth-order valence-corrected chi connectivity index (χ4v) is 4.84. The summed E-state index contributed by atoms with van der Waals surface area (Å²) in [4.78, 5) is 17.7. The van der Waals surface area contributed by atoms with Crippen molar-refractivity contribution in [3.05, 3.63) is 58.0 Å². The number of anilines is 1. The normalized spacial score (nSPS) is 21.3. The number of aryl methyl sites for hydroxylation is 2. The number of aromatic nitrogens is 3. The zero-order valence-electron chi connectivity index (χ0n) is 18.7. The Morgan fingerprint density at radius 3 is 2.50 bits per heavy atom. The first kappa shape index (κ1) is 20.7. The van der Waals surface area contributed by atoms with Gasteiger partial charge < -0.3 is 9.47 Å². The molecule has 1 aliphatic rings. The maximum atomic E-state index is 12.6. The zero-order valence-corrected chi connectivity index (χ0v) is 18.7. The minimum absolute atomic E-state index is 0.0113. The van der Waals surface area contributed by atoms with Gasteiger partial charge in [-0.1, -0.05) is 43.7 Å². The largest absolute Gasteiger partial charge is 0.364 e. The predicted octanol–water partition coefficient (Wildman–Crippen LogP) is 4.01. The molecule has 3 atom stereocenters. The van der Waals surface area contributed by atoms with Gasteiger partial charge in [0.1, 0.15) is 5.52 Å². The number of hydrogen-bond donors (Lipinski definition) is 1. The standard InChI is InChI=1S/C24H33N5O/c1-6-19-15-29(21-12-23(30)27(5)22-13-25-26-24(21)22)20(7-2)14-28(19)17(4)18-10-8-16(3)9-11-18/h8-13,17,19-20H,6-7,14-15H2,1-5H3,(H,25,26)/t17?,19-,20+/m1/s1. The van der Waals surface area contributed by atoms with Crippen LogP contribution in [0.3, 0.4) is 0 Å². The summed E-state index contributed by atoms with van der Waals surface area (Å²) in [5.41, 5.74) is 5.37. The zero-order chi connectivity index (χ0) is 21.4. The first-order chi connectivity index (χ1) is 14.4. The molecule has 4 rings (SSSR count). The molecule has 0 spiro atoms. The topological polar surface area (TPSA) is 57.2 Å². The van der Waals surface area contributed by atoms with Crippen LogP contribution in [0.15, 0.2) is 41.3 Å². The summed E-state index contributed by atoms with van der Waals surface area (Å²) in [6, 6.07) is 11.8. The number of aromatic amines is 1. The number of piperazine rings is 1. The first-order valence-corrected chi connectivity index (χ1v) is 11.1. The molecule has 30 heavy (non-hydrogen) atoms. The summed E-state index contributed by atoms with van der Waals surface area (Å²) in [7, 11) is 1.80. The molecule has 160 valence electrons. The van der Waals surface area contributed by atoms with Crippen LogP contribution in [0.25, 0.3) is 11.0 Å². The minimum atomic E-state index is 0.0113. The molecule has 1 saturated heterocycles. The third-order valence-corrected chi connectivity index (χ3v) is 6.86. The molecule has 0 saturated carbocycles. The van der Waals surface area contributed by atoms with Gasteiger partial charge >= 0.3 is 0 Å². The van der Waals surface area contributed by atoms with E-state index >= 15 is 0 Å². The molecule has 0 radical (unpaired) electrons. The van der Waals surface area contributed by atoms with Gasteiger partial charge in [0.25, 0.3) is 5.56 Å². The van der Waals surface area contributed by atoms with Crippen molar-refractivity contribution in [3.63, 3.8) is 0 Å². The van der Waals surface area contributed by atoms with Crippen LogP contribution >= 0.6 is 0 Å². The molecular formula is C24H33N5O. The van der Waals surface area contributed by atoms with Gasteiger partial charge in [0, 0.05) is 50.5 Å². The van der Waals surface area contributed by atoms with Crippen LogP contribution in [0.2, 0.25) is 0 Å². The molecule has 1 fully saturated rings. The third-order valence-electron chi connectivity index (χ3n) is 6.86. The number of rotatable bonds is 5. The van der Waals surface area contributed by atoms with E-state index in [1.807, 2.05) is 6.20 Å². The lowest BCUT2D eigenvalue weighted by molar-refractivity contribution is 0.101. The van der Waals surface area contributed by atoms with Gasteiger partial charge in [0.15, 0.2) is 0 Å². The van der Waals surface area contributed by atoms with E-state index < -0.39 is 0 Å². The van der Waals surface area contributed by atoms with Crippen molar-refractivity contribution in [1.29, 1.82) is 0 Å². The van der Waals surface area contributed by atoms with Gasteiger partial charge in [0.05, 0.1) is 11.2 Å². The Hall–Kier alpha value is -2.60. The van der Waals surface area contributed by atoms with Crippen molar-refractivity contribution >= 4 is 16.7 Å². The Labute approximate surface area is 178 Å². The van der Waals surface area contributed by atoms with E-state index in [0.29, 0.717) is 18.1 Å². The van der Waals surface area contributed by atoms with Crippen LogP contribution in [-0.2, 0) is 7.05 Å². The minimum Gasteiger partial charge on any atom is -0.364 e. The molecule has 1 aromatic carbocycles. The lowest BCUT2D eigenvalue weighted by atomic mass is 9.96. The average molecular weight is 408 g/mol. The molecule has 1 unspecified atom stereocenters. The molecule has 0 aliphatic carbocycles. The molecule has 1 aliphatic heterocycles. The lowest BCUT2D eigenvalue weighted by Gasteiger charge is -2.49. The first-order valence-electron chi connectivity index (χ1n) is 11.1. The molecule has 3 heterocycles. The Bertz CT molecular complexity index is 1070. The number of benzene rings is 1. The van der Waals surface area contributed by atoms with Gasteiger partial charge in [-0.2, -0.15) is 5.10 Å². The van der Waals surface area contributed by atoms with E-state index in [2.05, 4.69) is 72.0 Å². The fourth-order valence-electron chi connectivity index (χ4n) is 4.84. The van der Waals surface area contributed by atoms with Gasteiger partial charge in [-0.3, -0.25) is 14.8 Å². The van der Waals surface area contributed by atoms with Crippen LogP contribution in [0.5, 0.6) is 0 Å². The van der Waals surface area contributed by atoms with E-state index in [0.717, 1.165) is 42.7 Å². The predicted molar refractivity (Wildman–Crippen MR) is 123 cm³/mol. The quantitative estimate of drug-likeness (QED) is 0.694. The SMILES string of the molecule is CC[C@H]1CN(C(C)c2ccc(C)cc2)[C@H](CC)CN1c1cc(=O)n(C)c2c[nH]nc12. The van der Waals surface area contributed by atoms with E-state index in [1.165, 1.54) is 11.1 Å². The van der Waals surface area contributed by atoms with E-state index in [-0.39, 0.29) is 5.56 Å². The Morgan fingerprint density at radius 2 is 1.83 bits per heavy atom. The fraction of sp³-hybridized carbons (Fsp3) is 0.500. The van der Waals surface area contributed by atoms with Gasteiger partial charge in [-0.15, -0.1) is 0 Å². The average Bonchev–Trinajstić information content (AvgIpc) is 3.25. The van der Waals surface area contributed by atoms with Gasteiger partial charge in [-0.25, -0.2) is 0 Å². The summed E-state index contributed by atoms with van der Waals surface area (Å²) in [5.74, 6) is 0. The molecule has 6 nitrogen and oxygen atoms in total. The summed E-state index contributed by atoms with van der Waals surface area (Å²) >= 11 is 0. The van der Waals surface area contributed by atoms with E-state index in [4.69, 9.17) is 0 Å². The molecule has 3 aromatic rings. The van der Waals surface area contributed by atoms with Crippen molar-refractivity contribution in [1.82, 2.24) is 19.7 Å². The van der Waals surface area contributed by atoms with Crippen LogP contribution in [0, 0.1) is 6.92 Å². The summed E-state index contributed by atoms with van der Waals surface area (Å²) in [6.07, 6.45) is 3.90. The molecule has 1 N–H and O–H groups in total. The smallest absolute Gasteiger partial charge is 0.252 e. The van der Waals surface area contributed by atoms with Crippen molar-refractivity contribution < 1.29 is 0 Å². The van der Waals surface area contributed by atoms with E-state index in [1.54, 1.807) is 17.7 Å². The van der Waals surface area contributed by atoms with Crippen molar-refractivity contribution in [2.45, 2.75) is 58.7 Å². The Balaban J connectivity index is 1.69. The van der Waals surface area contributed by atoms with Crippen LogP contribution < -0.4 is 10.5 Å². The molecule has 0 amide bonds. The van der Waals surface area contributed by atoms with Crippen LogP contribution in [0.4, 0.5) is 5.69 Å². The highest BCUT2D eigenvalue weighted by Crippen LogP contribution is 2.34. The summed E-state index contributed by atoms with van der Waals surface area (Å²) in [6.45, 7) is 10.8. The number of pyridine rings is 1. The maximum absolute atomic E-state index is 12.6. The molecule has 0 bridgehead atoms. The third kappa shape index (κ3) is 3.54. The molecular weight excluding hydrogens is 374 g/mol. The monoisotopic (exact) mass is 407 g/mol. The summed E-state index contributed by atoms with van der Waals surface area (Å²) < 4.78 is 1.66. The maximum Gasteiger partial charge on any atom is 0.252 e. The number of nitrogens with zero attached hydrogens (tertiary/aromatic N) is 4. The van der Waals surface area contributed by atoms with Crippen LogP contribution in [0.1, 0.15) is 50.8 Å². The summed E-state index contributed by atoms with van der Waals surface area (Å²) in [5, 5.41) is 7.43. The van der Waals surface area contributed by atoms with E-state index in [9.17, 15) is 4.79 Å². The molecule has 2 aromatic heterocycles. The second-order valence-corrected chi connectivity index (χ2v) is 8.61. The Kier molecular flexibility index (Phi) is 5.69. The van der Waals surface area contributed by atoms with Crippen molar-refractivity contribution in [3.8, 4) is 0 Å². The highest BCUT2D eigenvalue weighted by atomic mass is 16.1. The number of fused-ring (bicyclic) bond motifs is 1. The number of H-pyrrole nitrogens is 1. The Morgan fingerprint density at radius 1 is 1.13 bits per heavy atom. The number of nitrogens with one attached hydrogen (secondary N) is 1. The highest BCUT2D eigenvalue weighted by molar-refractivity contribution is 5.88. The van der Waals surface area contributed by atoms with Gasteiger partial charge in [0.2, 0.25) is 0 Å². The van der Waals surface area contributed by atoms with Crippen LogP contribution in [-0.4, -0.2) is 44.8 Å². The second kappa shape index (κ2) is 8.26. The highest BCUT2D eigenvalue weighted by Gasteiger charge is 2.36. The van der Waals surface area contributed by atoms with Crippen molar-refractivity contribution in [2.24, 2.45) is 7.05 Å².